The van der Waals surface area contributed by atoms with Crippen molar-refractivity contribution in [1.29, 1.82) is 0 Å². The minimum absolute atomic E-state index is 0.242. The number of rotatable bonds is 3. The molecule has 0 radical (unpaired) electrons. The monoisotopic (exact) mass is 400 g/mol. The van der Waals surface area contributed by atoms with Crippen molar-refractivity contribution in [3.63, 3.8) is 0 Å². The molecule has 0 aliphatic heterocycles. The van der Waals surface area contributed by atoms with Gasteiger partial charge in [-0.25, -0.2) is 0 Å². The van der Waals surface area contributed by atoms with Gasteiger partial charge >= 0.3 is 0 Å². The van der Waals surface area contributed by atoms with Crippen LogP contribution in [0.4, 0.5) is 5.69 Å². The summed E-state index contributed by atoms with van der Waals surface area (Å²) in [5, 5.41) is 3.45. The zero-order valence-corrected chi connectivity index (χ0v) is 13.8. The van der Waals surface area contributed by atoms with Crippen LogP contribution in [0.5, 0.6) is 0 Å². The Morgan fingerprint density at radius 1 is 1.25 bits per heavy atom. The van der Waals surface area contributed by atoms with E-state index in [2.05, 4.69) is 27.9 Å². The Morgan fingerprint density at radius 2 is 1.90 bits per heavy atom. The second-order valence-electron chi connectivity index (χ2n) is 4.50. The molecule has 2 aromatic rings. The molecule has 1 unspecified atom stereocenters. The highest BCUT2D eigenvalue weighted by Gasteiger charge is 2.16. The number of halogens is 2. The van der Waals surface area contributed by atoms with Gasteiger partial charge in [0.05, 0.1) is 5.69 Å². The summed E-state index contributed by atoms with van der Waals surface area (Å²) in [6, 6.07) is 12.2. The summed E-state index contributed by atoms with van der Waals surface area (Å²) in [7, 11) is 0. The van der Waals surface area contributed by atoms with Crippen molar-refractivity contribution in [2.45, 2.75) is 13.0 Å². The van der Waals surface area contributed by atoms with Gasteiger partial charge in [0.2, 0.25) is 5.91 Å². The second-order valence-corrected chi connectivity index (χ2v) is 6.10. The molecular weight excluding hydrogens is 387 g/mol. The number of benzene rings is 2. The van der Waals surface area contributed by atoms with Crippen LogP contribution in [0.1, 0.15) is 17.2 Å². The van der Waals surface area contributed by atoms with Crippen LogP contribution in [0.15, 0.2) is 42.5 Å². The smallest absolute Gasteiger partial charge is 0.245 e. The molecule has 0 aliphatic rings. The molecule has 0 heterocycles. The minimum atomic E-state index is -0.693. The number of anilines is 1. The third-order valence-corrected chi connectivity index (χ3v) is 4.04. The summed E-state index contributed by atoms with van der Waals surface area (Å²) < 4.78 is 0.875. The molecule has 3 nitrogen and oxygen atoms in total. The summed E-state index contributed by atoms with van der Waals surface area (Å²) in [6.07, 6.45) is 0. The number of amides is 1. The van der Waals surface area contributed by atoms with Crippen LogP contribution in [0.2, 0.25) is 5.02 Å². The highest BCUT2D eigenvalue weighted by Crippen LogP contribution is 2.23. The molecule has 2 rings (SSSR count). The van der Waals surface area contributed by atoms with Crippen LogP contribution in [-0.2, 0) is 4.79 Å². The molecule has 2 aromatic carbocycles. The Hall–Kier alpha value is -1.11. The van der Waals surface area contributed by atoms with Crippen molar-refractivity contribution in [3.05, 3.63) is 62.2 Å². The molecule has 0 saturated carbocycles. The van der Waals surface area contributed by atoms with E-state index in [1.165, 1.54) is 0 Å². The molecule has 0 saturated heterocycles. The molecule has 0 aromatic heterocycles. The predicted molar refractivity (Wildman–Crippen MR) is 90.9 cm³/mol. The first kappa shape index (κ1) is 15.3. The zero-order chi connectivity index (χ0) is 14.7. The molecule has 0 spiro atoms. The maximum absolute atomic E-state index is 12.2. The van der Waals surface area contributed by atoms with E-state index in [1.807, 2.05) is 31.2 Å². The maximum Gasteiger partial charge on any atom is 0.245 e. The summed E-state index contributed by atoms with van der Waals surface area (Å²) >= 11 is 8.01. The van der Waals surface area contributed by atoms with Crippen molar-refractivity contribution < 1.29 is 4.79 Å². The average molecular weight is 401 g/mol. The zero-order valence-electron chi connectivity index (χ0n) is 10.9. The summed E-state index contributed by atoms with van der Waals surface area (Å²) in [6.45, 7) is 1.99. The number of carbonyl (C=O) groups is 1. The second kappa shape index (κ2) is 6.56. The predicted octanol–water partition coefficient (Wildman–Crippen LogP) is 3.89. The largest absolute Gasteiger partial charge is 0.323 e. The lowest BCUT2D eigenvalue weighted by Crippen LogP contribution is -2.28. The Morgan fingerprint density at radius 3 is 2.50 bits per heavy atom. The molecular formula is C15H14ClIN2O. The van der Waals surface area contributed by atoms with Gasteiger partial charge in [-0.1, -0.05) is 41.4 Å². The van der Waals surface area contributed by atoms with Gasteiger partial charge in [-0.05, 0) is 53.3 Å². The van der Waals surface area contributed by atoms with E-state index in [9.17, 15) is 4.79 Å². The van der Waals surface area contributed by atoms with Crippen molar-refractivity contribution in [1.82, 2.24) is 0 Å². The van der Waals surface area contributed by atoms with E-state index >= 15 is 0 Å². The normalized spacial score (nSPS) is 12.0. The quantitative estimate of drug-likeness (QED) is 0.768. The fourth-order valence-electron chi connectivity index (χ4n) is 1.73. The van der Waals surface area contributed by atoms with Gasteiger partial charge in [0.25, 0.3) is 0 Å². The van der Waals surface area contributed by atoms with Crippen molar-refractivity contribution >= 4 is 45.8 Å². The maximum atomic E-state index is 12.2. The first-order valence-corrected chi connectivity index (χ1v) is 7.51. The van der Waals surface area contributed by atoms with Crippen molar-refractivity contribution in [2.75, 3.05) is 5.32 Å². The number of hydrogen-bond acceptors (Lipinski definition) is 2. The molecule has 1 atom stereocenters. The molecule has 104 valence electrons. The lowest BCUT2D eigenvalue weighted by atomic mass is 10.1. The van der Waals surface area contributed by atoms with E-state index in [0.717, 1.165) is 14.7 Å². The number of carbonyl (C=O) groups excluding carboxylic acids is 1. The van der Waals surface area contributed by atoms with Gasteiger partial charge in [-0.2, -0.15) is 0 Å². The molecule has 20 heavy (non-hydrogen) atoms. The van der Waals surface area contributed by atoms with Gasteiger partial charge in [0, 0.05) is 8.59 Å². The molecule has 3 N–H and O–H groups in total. The number of hydrogen-bond donors (Lipinski definition) is 2. The van der Waals surface area contributed by atoms with E-state index in [-0.39, 0.29) is 5.91 Å². The first-order chi connectivity index (χ1) is 9.47. The summed E-state index contributed by atoms with van der Waals surface area (Å²) in [4.78, 5) is 12.2. The molecule has 1 amide bonds. The van der Waals surface area contributed by atoms with Gasteiger partial charge in [-0.15, -0.1) is 0 Å². The third kappa shape index (κ3) is 3.71. The van der Waals surface area contributed by atoms with Crippen LogP contribution in [0.3, 0.4) is 0 Å². The van der Waals surface area contributed by atoms with Gasteiger partial charge in [0.1, 0.15) is 6.04 Å². The lowest BCUT2D eigenvalue weighted by Gasteiger charge is -2.14. The SMILES string of the molecule is Cc1ccc(C(N)C(=O)Nc2ccc(Cl)cc2I)cc1. The van der Waals surface area contributed by atoms with Crippen LogP contribution < -0.4 is 11.1 Å². The van der Waals surface area contributed by atoms with Crippen LogP contribution in [-0.4, -0.2) is 5.91 Å². The molecule has 0 fully saturated rings. The molecule has 5 heteroatoms. The Labute approximate surface area is 136 Å². The van der Waals surface area contributed by atoms with Gasteiger partial charge in [0.15, 0.2) is 0 Å². The van der Waals surface area contributed by atoms with E-state index < -0.39 is 6.04 Å². The average Bonchev–Trinajstić information content (AvgIpc) is 2.42. The summed E-state index contributed by atoms with van der Waals surface area (Å²) in [5.41, 5.74) is 8.61. The Balaban J connectivity index is 2.13. The first-order valence-electron chi connectivity index (χ1n) is 6.05. The minimum Gasteiger partial charge on any atom is -0.323 e. The highest BCUT2D eigenvalue weighted by molar-refractivity contribution is 14.1. The van der Waals surface area contributed by atoms with Crippen LogP contribution >= 0.6 is 34.2 Å². The third-order valence-electron chi connectivity index (χ3n) is 2.91. The highest BCUT2D eigenvalue weighted by atomic mass is 127. The van der Waals surface area contributed by atoms with Crippen molar-refractivity contribution in [3.8, 4) is 0 Å². The Kier molecular flexibility index (Phi) is 5.01. The molecule has 0 bridgehead atoms. The fourth-order valence-corrected chi connectivity index (χ4v) is 2.73. The van der Waals surface area contributed by atoms with E-state index in [0.29, 0.717) is 10.7 Å². The van der Waals surface area contributed by atoms with Gasteiger partial charge < -0.3 is 11.1 Å². The molecule has 0 aliphatic carbocycles. The van der Waals surface area contributed by atoms with Crippen LogP contribution in [0, 0.1) is 10.5 Å². The topological polar surface area (TPSA) is 55.1 Å². The number of nitrogens with one attached hydrogen (secondary N) is 1. The standard InChI is InChI=1S/C15H14ClIN2O/c1-9-2-4-10(5-3-9)14(18)15(20)19-13-7-6-11(16)8-12(13)17/h2-8,14H,18H2,1H3,(H,19,20). The Bertz CT molecular complexity index is 628. The summed E-state index contributed by atoms with van der Waals surface area (Å²) in [5.74, 6) is -0.242. The number of nitrogens with two attached hydrogens (primary N) is 1. The fraction of sp³-hybridized carbons (Fsp3) is 0.133. The van der Waals surface area contributed by atoms with Crippen LogP contribution in [0.25, 0.3) is 0 Å². The number of aryl methyl sites for hydroxylation is 1. The van der Waals surface area contributed by atoms with Gasteiger partial charge in [-0.3, -0.25) is 4.79 Å². The van der Waals surface area contributed by atoms with Crippen molar-refractivity contribution in [2.24, 2.45) is 5.73 Å². The van der Waals surface area contributed by atoms with E-state index in [4.69, 9.17) is 17.3 Å². The lowest BCUT2D eigenvalue weighted by molar-refractivity contribution is -0.117. The van der Waals surface area contributed by atoms with E-state index in [1.54, 1.807) is 18.2 Å².